The largest absolute Gasteiger partial charge is 0.481 e. The van der Waals surface area contributed by atoms with E-state index in [1.54, 1.807) is 6.20 Å². The summed E-state index contributed by atoms with van der Waals surface area (Å²) in [6.07, 6.45) is 4.92. The number of benzene rings is 2. The van der Waals surface area contributed by atoms with E-state index in [9.17, 15) is 9.90 Å². The number of hydrogen-bond donors (Lipinski definition) is 3. The summed E-state index contributed by atoms with van der Waals surface area (Å²) in [5, 5.41) is 12.8. The number of nitrogens with zero attached hydrogens (tertiary/aromatic N) is 4. The second kappa shape index (κ2) is 10.7. The predicted molar refractivity (Wildman–Crippen MR) is 152 cm³/mol. The Morgan fingerprint density at radius 2 is 1.69 bits per heavy atom. The zero-order valence-electron chi connectivity index (χ0n) is 21.5. The highest BCUT2D eigenvalue weighted by molar-refractivity contribution is 5.84. The minimum atomic E-state index is -0.672. The SMILES string of the molecule is Nc1ncccc1-c1nc2ccc(-c3ccccc3)nc2n1-c1ccc(CNC2CCC(C(=O)O)CC2)cc1. The summed E-state index contributed by atoms with van der Waals surface area (Å²) in [5.74, 6) is 0.227. The molecule has 0 spiro atoms. The maximum Gasteiger partial charge on any atom is 0.306 e. The summed E-state index contributed by atoms with van der Waals surface area (Å²) in [6.45, 7) is 0.728. The molecule has 0 saturated heterocycles. The normalized spacial score (nSPS) is 17.3. The van der Waals surface area contributed by atoms with Crippen molar-refractivity contribution < 1.29 is 9.90 Å². The molecule has 3 heterocycles. The molecular formula is C31H30N6O2. The fraction of sp³-hybridized carbons (Fsp3) is 0.226. The first-order chi connectivity index (χ1) is 19.1. The highest BCUT2D eigenvalue weighted by Gasteiger charge is 2.25. The first-order valence-electron chi connectivity index (χ1n) is 13.3. The molecule has 1 fully saturated rings. The molecule has 0 amide bonds. The van der Waals surface area contributed by atoms with Crippen LogP contribution in [0.15, 0.2) is 85.1 Å². The van der Waals surface area contributed by atoms with Gasteiger partial charge in [-0.3, -0.25) is 9.36 Å². The van der Waals surface area contributed by atoms with Gasteiger partial charge in [0.25, 0.3) is 0 Å². The molecule has 0 unspecified atom stereocenters. The van der Waals surface area contributed by atoms with Gasteiger partial charge >= 0.3 is 5.97 Å². The average molecular weight is 519 g/mol. The van der Waals surface area contributed by atoms with Crippen molar-refractivity contribution >= 4 is 23.0 Å². The van der Waals surface area contributed by atoms with Crippen LogP contribution in [-0.2, 0) is 11.3 Å². The quantitative estimate of drug-likeness (QED) is 0.262. The Morgan fingerprint density at radius 1 is 0.923 bits per heavy atom. The van der Waals surface area contributed by atoms with E-state index < -0.39 is 5.97 Å². The van der Waals surface area contributed by atoms with Gasteiger partial charge in [0, 0.05) is 30.0 Å². The zero-order valence-corrected chi connectivity index (χ0v) is 21.5. The van der Waals surface area contributed by atoms with Crippen molar-refractivity contribution in [2.45, 2.75) is 38.3 Å². The standard InChI is InChI=1S/C31H30N6O2/c32-28-25(7-4-18-33-28)29-36-27-17-16-26(21-5-2-1-3-6-21)35-30(27)37(29)24-14-8-20(9-15-24)19-34-23-12-10-22(11-13-23)31(38)39/h1-9,14-18,22-23,34H,10-13,19H2,(H2,32,33)(H,38,39). The molecule has 196 valence electrons. The number of anilines is 1. The Kier molecular flexibility index (Phi) is 6.77. The molecule has 0 radical (unpaired) electrons. The highest BCUT2D eigenvalue weighted by atomic mass is 16.4. The van der Waals surface area contributed by atoms with Crippen LogP contribution in [0.4, 0.5) is 5.82 Å². The fourth-order valence-corrected chi connectivity index (χ4v) is 5.33. The van der Waals surface area contributed by atoms with E-state index in [4.69, 9.17) is 15.7 Å². The number of carbonyl (C=O) groups is 1. The summed E-state index contributed by atoms with van der Waals surface area (Å²) >= 11 is 0. The molecule has 39 heavy (non-hydrogen) atoms. The Hall–Kier alpha value is -4.56. The van der Waals surface area contributed by atoms with Crippen molar-refractivity contribution in [3.05, 3.63) is 90.6 Å². The van der Waals surface area contributed by atoms with Crippen LogP contribution in [-0.4, -0.2) is 36.6 Å². The summed E-state index contributed by atoms with van der Waals surface area (Å²) in [6, 6.07) is 26.6. The van der Waals surface area contributed by atoms with Gasteiger partial charge in [-0.1, -0.05) is 42.5 Å². The number of carboxylic acids is 1. The monoisotopic (exact) mass is 518 g/mol. The number of nitrogens with two attached hydrogens (primary N) is 1. The number of fused-ring (bicyclic) bond motifs is 1. The van der Waals surface area contributed by atoms with Crippen LogP contribution in [0.5, 0.6) is 0 Å². The Labute approximate surface area is 226 Å². The minimum absolute atomic E-state index is 0.202. The van der Waals surface area contributed by atoms with Crippen LogP contribution < -0.4 is 11.1 Å². The number of aromatic nitrogens is 4. The van der Waals surface area contributed by atoms with E-state index in [2.05, 4.69) is 34.6 Å². The third-order valence-electron chi connectivity index (χ3n) is 7.52. The third-order valence-corrected chi connectivity index (χ3v) is 7.52. The third kappa shape index (κ3) is 5.11. The Bertz CT molecular complexity index is 1610. The summed E-state index contributed by atoms with van der Waals surface area (Å²) in [7, 11) is 0. The second-order valence-electron chi connectivity index (χ2n) is 10.0. The van der Waals surface area contributed by atoms with E-state index in [0.717, 1.165) is 71.5 Å². The fourth-order valence-electron chi connectivity index (χ4n) is 5.33. The molecule has 3 aromatic heterocycles. The number of hydrogen-bond acceptors (Lipinski definition) is 6. The van der Waals surface area contributed by atoms with E-state index >= 15 is 0 Å². The number of nitrogen functional groups attached to an aromatic ring is 1. The molecule has 0 atom stereocenters. The zero-order chi connectivity index (χ0) is 26.8. The maximum absolute atomic E-state index is 11.2. The van der Waals surface area contributed by atoms with Gasteiger partial charge in [0.1, 0.15) is 11.3 Å². The van der Waals surface area contributed by atoms with Gasteiger partial charge in [-0.15, -0.1) is 0 Å². The lowest BCUT2D eigenvalue weighted by molar-refractivity contribution is -0.142. The van der Waals surface area contributed by atoms with Crippen molar-refractivity contribution in [3.63, 3.8) is 0 Å². The second-order valence-corrected chi connectivity index (χ2v) is 10.0. The van der Waals surface area contributed by atoms with Crippen molar-refractivity contribution in [1.29, 1.82) is 0 Å². The van der Waals surface area contributed by atoms with Crippen LogP contribution in [0.1, 0.15) is 31.2 Å². The number of aliphatic carboxylic acids is 1. The van der Waals surface area contributed by atoms with E-state index in [0.29, 0.717) is 17.7 Å². The van der Waals surface area contributed by atoms with Crippen molar-refractivity contribution in [1.82, 2.24) is 24.8 Å². The first-order valence-corrected chi connectivity index (χ1v) is 13.3. The number of imidazole rings is 1. The molecule has 1 aliphatic rings. The van der Waals surface area contributed by atoms with Crippen LogP contribution in [0, 0.1) is 5.92 Å². The maximum atomic E-state index is 11.2. The highest BCUT2D eigenvalue weighted by Crippen LogP contribution is 2.32. The molecule has 5 aromatic rings. The van der Waals surface area contributed by atoms with Gasteiger partial charge in [0.2, 0.25) is 0 Å². The molecule has 0 aliphatic heterocycles. The lowest BCUT2D eigenvalue weighted by Gasteiger charge is -2.27. The van der Waals surface area contributed by atoms with Gasteiger partial charge in [-0.2, -0.15) is 0 Å². The van der Waals surface area contributed by atoms with Gasteiger partial charge in [-0.05, 0) is 67.6 Å². The number of rotatable bonds is 7. The molecule has 0 bridgehead atoms. The molecular weight excluding hydrogens is 488 g/mol. The predicted octanol–water partition coefficient (Wildman–Crippen LogP) is 5.46. The van der Waals surface area contributed by atoms with Gasteiger partial charge < -0.3 is 16.2 Å². The summed E-state index contributed by atoms with van der Waals surface area (Å²) < 4.78 is 2.04. The molecule has 2 aromatic carbocycles. The van der Waals surface area contributed by atoms with E-state index in [1.165, 1.54) is 0 Å². The summed E-state index contributed by atoms with van der Waals surface area (Å²) in [4.78, 5) is 25.5. The van der Waals surface area contributed by atoms with Gasteiger partial charge in [0.15, 0.2) is 11.5 Å². The first kappa shape index (κ1) is 24.8. The number of carboxylic acid groups (broad SMARTS) is 1. The summed E-state index contributed by atoms with van der Waals surface area (Å²) in [5.41, 5.74) is 12.5. The van der Waals surface area contributed by atoms with Gasteiger partial charge in [-0.25, -0.2) is 15.0 Å². The molecule has 4 N–H and O–H groups in total. The lowest BCUT2D eigenvalue weighted by Crippen LogP contribution is -2.34. The van der Waals surface area contributed by atoms with Crippen molar-refractivity contribution in [2.24, 2.45) is 5.92 Å². The number of nitrogens with one attached hydrogen (secondary N) is 1. The van der Waals surface area contributed by atoms with Crippen LogP contribution in [0.3, 0.4) is 0 Å². The molecule has 6 rings (SSSR count). The number of pyridine rings is 2. The van der Waals surface area contributed by atoms with Crippen LogP contribution in [0.25, 0.3) is 39.5 Å². The average Bonchev–Trinajstić information content (AvgIpc) is 3.36. The lowest BCUT2D eigenvalue weighted by atomic mass is 9.86. The van der Waals surface area contributed by atoms with Crippen LogP contribution >= 0.6 is 0 Å². The van der Waals surface area contributed by atoms with Crippen LogP contribution in [0.2, 0.25) is 0 Å². The Morgan fingerprint density at radius 3 is 2.41 bits per heavy atom. The smallest absolute Gasteiger partial charge is 0.306 e. The van der Waals surface area contributed by atoms with E-state index in [1.807, 2.05) is 59.2 Å². The minimum Gasteiger partial charge on any atom is -0.481 e. The topological polar surface area (TPSA) is 119 Å². The van der Waals surface area contributed by atoms with Gasteiger partial charge in [0.05, 0.1) is 17.2 Å². The van der Waals surface area contributed by atoms with Crippen molar-refractivity contribution in [2.75, 3.05) is 5.73 Å². The molecule has 1 saturated carbocycles. The Balaban J connectivity index is 1.32. The van der Waals surface area contributed by atoms with Crippen molar-refractivity contribution in [3.8, 4) is 28.3 Å². The van der Waals surface area contributed by atoms with E-state index in [-0.39, 0.29) is 5.92 Å². The molecule has 1 aliphatic carbocycles. The molecule has 8 heteroatoms. The molecule has 8 nitrogen and oxygen atoms in total.